The highest BCUT2D eigenvalue weighted by Crippen LogP contribution is 2.18. The lowest BCUT2D eigenvalue weighted by Gasteiger charge is -2.36. The van der Waals surface area contributed by atoms with Crippen molar-refractivity contribution in [3.05, 3.63) is 54.6 Å². The van der Waals surface area contributed by atoms with Crippen molar-refractivity contribution in [3.8, 4) is 11.5 Å². The molecular formula is C22H32Cl2N2O4. The summed E-state index contributed by atoms with van der Waals surface area (Å²) in [7, 11) is 1.63. The average molecular weight is 459 g/mol. The maximum Gasteiger partial charge on any atom is 0.123 e. The zero-order valence-corrected chi connectivity index (χ0v) is 18.9. The Hall–Kier alpha value is -1.70. The van der Waals surface area contributed by atoms with Gasteiger partial charge < -0.3 is 24.2 Å². The van der Waals surface area contributed by atoms with Crippen LogP contribution in [0.4, 0.5) is 5.69 Å². The minimum absolute atomic E-state index is 0. The molecule has 1 aliphatic rings. The van der Waals surface area contributed by atoms with Crippen LogP contribution in [0.3, 0.4) is 0 Å². The van der Waals surface area contributed by atoms with Crippen LogP contribution < -0.4 is 14.4 Å². The molecule has 1 atom stereocenters. The summed E-state index contributed by atoms with van der Waals surface area (Å²) in [6.45, 7) is 5.69. The fourth-order valence-corrected chi connectivity index (χ4v) is 3.31. The Morgan fingerprint density at radius 3 is 2.30 bits per heavy atom. The summed E-state index contributed by atoms with van der Waals surface area (Å²) in [5, 5.41) is 10.2. The third-order valence-corrected chi connectivity index (χ3v) is 4.81. The fourth-order valence-electron chi connectivity index (χ4n) is 3.31. The molecule has 2 aromatic carbocycles. The van der Waals surface area contributed by atoms with E-state index in [-0.39, 0.29) is 24.8 Å². The van der Waals surface area contributed by atoms with E-state index in [1.54, 1.807) is 7.11 Å². The maximum atomic E-state index is 10.2. The molecule has 8 heteroatoms. The first-order chi connectivity index (χ1) is 13.7. The van der Waals surface area contributed by atoms with Gasteiger partial charge in [-0.15, -0.1) is 24.8 Å². The Morgan fingerprint density at radius 1 is 0.900 bits per heavy atom. The van der Waals surface area contributed by atoms with Crippen molar-refractivity contribution < 1.29 is 19.3 Å². The number of halogens is 2. The number of aliphatic hydroxyl groups is 1. The number of para-hydroxylation sites is 1. The van der Waals surface area contributed by atoms with Gasteiger partial charge in [-0.1, -0.05) is 24.3 Å². The van der Waals surface area contributed by atoms with Crippen molar-refractivity contribution in [2.24, 2.45) is 0 Å². The molecule has 0 amide bonds. The molecule has 0 aliphatic carbocycles. The fraction of sp³-hybridized carbons (Fsp3) is 0.455. The Kier molecular flexibility index (Phi) is 12.6. The third-order valence-electron chi connectivity index (χ3n) is 4.81. The van der Waals surface area contributed by atoms with Crippen molar-refractivity contribution in [2.75, 3.05) is 64.6 Å². The van der Waals surface area contributed by atoms with Gasteiger partial charge in [-0.05, 0) is 24.3 Å². The number of rotatable bonds is 10. The standard InChI is InChI=1S/C22H30N2O4.2ClH/c1-26-21-8-5-9-22(16-21)28-15-14-27-18-20(25)17-23-10-12-24(13-11-23)19-6-3-2-4-7-19;;/h2-9,16,20,25H,10-15,17-18H2,1H3;2*1H. The van der Waals surface area contributed by atoms with Gasteiger partial charge in [0.2, 0.25) is 0 Å². The SMILES string of the molecule is COc1cccc(OCCOCC(O)CN2CCN(c3ccccc3)CC2)c1.Cl.Cl. The third kappa shape index (κ3) is 8.58. The summed E-state index contributed by atoms with van der Waals surface area (Å²) in [6.07, 6.45) is -0.486. The van der Waals surface area contributed by atoms with E-state index in [0.29, 0.717) is 26.4 Å². The molecule has 6 nitrogen and oxygen atoms in total. The number of hydrogen-bond donors (Lipinski definition) is 1. The molecule has 0 aromatic heterocycles. The highest BCUT2D eigenvalue weighted by atomic mass is 35.5. The lowest BCUT2D eigenvalue weighted by atomic mass is 10.2. The monoisotopic (exact) mass is 458 g/mol. The predicted octanol–water partition coefficient (Wildman–Crippen LogP) is 3.12. The van der Waals surface area contributed by atoms with E-state index in [4.69, 9.17) is 14.2 Å². The predicted molar refractivity (Wildman–Crippen MR) is 125 cm³/mol. The van der Waals surface area contributed by atoms with Gasteiger partial charge in [0, 0.05) is 44.5 Å². The van der Waals surface area contributed by atoms with Gasteiger partial charge in [-0.3, -0.25) is 4.90 Å². The van der Waals surface area contributed by atoms with E-state index in [1.807, 2.05) is 30.3 Å². The molecule has 168 valence electrons. The lowest BCUT2D eigenvalue weighted by molar-refractivity contribution is 0.00717. The van der Waals surface area contributed by atoms with Crippen molar-refractivity contribution in [1.29, 1.82) is 0 Å². The van der Waals surface area contributed by atoms with Crippen LogP contribution in [0, 0.1) is 0 Å². The second kappa shape index (κ2) is 14.3. The van der Waals surface area contributed by atoms with E-state index >= 15 is 0 Å². The van der Waals surface area contributed by atoms with Crippen LogP contribution >= 0.6 is 24.8 Å². The van der Waals surface area contributed by atoms with Crippen LogP contribution in [0.2, 0.25) is 0 Å². The maximum absolute atomic E-state index is 10.2. The summed E-state index contributed by atoms with van der Waals surface area (Å²) in [4.78, 5) is 4.68. The molecule has 1 unspecified atom stereocenters. The van der Waals surface area contributed by atoms with Crippen LogP contribution in [0.25, 0.3) is 0 Å². The van der Waals surface area contributed by atoms with Gasteiger partial charge in [-0.25, -0.2) is 0 Å². The molecular weight excluding hydrogens is 427 g/mol. The van der Waals surface area contributed by atoms with Crippen LogP contribution in [0.1, 0.15) is 0 Å². The summed E-state index contributed by atoms with van der Waals surface area (Å²) in [5.41, 5.74) is 1.27. The molecule has 2 aromatic rings. The normalized spacial score (nSPS) is 14.9. The van der Waals surface area contributed by atoms with E-state index < -0.39 is 6.10 Å². The van der Waals surface area contributed by atoms with Crippen LogP contribution in [0.15, 0.2) is 54.6 Å². The van der Waals surface area contributed by atoms with E-state index in [1.165, 1.54) is 5.69 Å². The van der Waals surface area contributed by atoms with E-state index in [2.05, 4.69) is 34.1 Å². The number of ether oxygens (including phenoxy) is 3. The Labute approximate surface area is 191 Å². The number of methoxy groups -OCH3 is 1. The number of benzene rings is 2. The highest BCUT2D eigenvalue weighted by molar-refractivity contribution is 5.85. The second-order valence-electron chi connectivity index (χ2n) is 6.88. The average Bonchev–Trinajstić information content (AvgIpc) is 2.75. The first kappa shape index (κ1) is 26.3. The number of aliphatic hydroxyl groups excluding tert-OH is 1. The minimum atomic E-state index is -0.486. The summed E-state index contributed by atoms with van der Waals surface area (Å²) >= 11 is 0. The smallest absolute Gasteiger partial charge is 0.123 e. The number of piperazine rings is 1. The Morgan fingerprint density at radius 2 is 1.60 bits per heavy atom. The number of nitrogens with zero attached hydrogens (tertiary/aromatic N) is 2. The number of hydrogen-bond acceptors (Lipinski definition) is 6. The molecule has 1 saturated heterocycles. The van der Waals surface area contributed by atoms with Gasteiger partial charge >= 0.3 is 0 Å². The molecule has 30 heavy (non-hydrogen) atoms. The van der Waals surface area contributed by atoms with Gasteiger partial charge in [0.05, 0.1) is 26.4 Å². The number of β-amino-alcohol motifs (C(OH)–C–C–N with tert-alkyl or cyclic N) is 1. The molecule has 0 bridgehead atoms. The van der Waals surface area contributed by atoms with Crippen LogP contribution in [-0.4, -0.2) is 75.8 Å². The van der Waals surface area contributed by atoms with Gasteiger partial charge in [0.1, 0.15) is 18.1 Å². The van der Waals surface area contributed by atoms with Crippen molar-refractivity contribution in [2.45, 2.75) is 6.10 Å². The molecule has 1 N–H and O–H groups in total. The molecule has 0 radical (unpaired) electrons. The summed E-state index contributed by atoms with van der Waals surface area (Å²) in [6, 6.07) is 17.9. The van der Waals surface area contributed by atoms with Crippen molar-refractivity contribution >= 4 is 30.5 Å². The first-order valence-corrected chi connectivity index (χ1v) is 9.79. The van der Waals surface area contributed by atoms with Gasteiger partial charge in [0.25, 0.3) is 0 Å². The lowest BCUT2D eigenvalue weighted by Crippen LogP contribution is -2.49. The van der Waals surface area contributed by atoms with E-state index in [0.717, 1.165) is 37.7 Å². The summed E-state index contributed by atoms with van der Waals surface area (Å²) in [5.74, 6) is 1.51. The summed E-state index contributed by atoms with van der Waals surface area (Å²) < 4.78 is 16.4. The molecule has 1 aliphatic heterocycles. The van der Waals surface area contributed by atoms with Gasteiger partial charge in [0.15, 0.2) is 0 Å². The molecule has 0 spiro atoms. The zero-order chi connectivity index (χ0) is 19.6. The Bertz CT molecular complexity index is 701. The first-order valence-electron chi connectivity index (χ1n) is 9.79. The number of anilines is 1. The van der Waals surface area contributed by atoms with Crippen LogP contribution in [-0.2, 0) is 4.74 Å². The second-order valence-corrected chi connectivity index (χ2v) is 6.88. The zero-order valence-electron chi connectivity index (χ0n) is 17.3. The van der Waals surface area contributed by atoms with Crippen molar-refractivity contribution in [3.63, 3.8) is 0 Å². The minimum Gasteiger partial charge on any atom is -0.497 e. The Balaban J connectivity index is 0.00000225. The topological polar surface area (TPSA) is 54.4 Å². The van der Waals surface area contributed by atoms with E-state index in [9.17, 15) is 5.11 Å². The molecule has 3 rings (SSSR count). The molecule has 1 fully saturated rings. The largest absolute Gasteiger partial charge is 0.497 e. The van der Waals surface area contributed by atoms with Crippen molar-refractivity contribution in [1.82, 2.24) is 4.90 Å². The van der Waals surface area contributed by atoms with Gasteiger partial charge in [-0.2, -0.15) is 0 Å². The molecule has 0 saturated carbocycles. The molecule has 1 heterocycles. The quantitative estimate of drug-likeness (QED) is 0.552. The highest BCUT2D eigenvalue weighted by Gasteiger charge is 2.19. The van der Waals surface area contributed by atoms with Crippen LogP contribution in [0.5, 0.6) is 11.5 Å².